The van der Waals surface area contributed by atoms with Gasteiger partial charge in [-0.2, -0.15) is 0 Å². The third-order valence-corrected chi connectivity index (χ3v) is 6.22. The molecule has 2 heterocycles. The maximum Gasteiger partial charge on any atom is 0.231 e. The zero-order chi connectivity index (χ0) is 19.0. The Bertz CT molecular complexity index is 696. The minimum Gasteiger partial charge on any atom is -0.486 e. The molecule has 2 aliphatic heterocycles. The molecular weight excluding hydrogens is 342 g/mol. The molecule has 0 N–H and O–H groups in total. The van der Waals surface area contributed by atoms with E-state index in [1.54, 1.807) is 0 Å². The quantitative estimate of drug-likeness (QED) is 0.809. The summed E-state index contributed by atoms with van der Waals surface area (Å²) >= 11 is 0. The van der Waals surface area contributed by atoms with Crippen LogP contribution in [0.1, 0.15) is 57.9 Å². The lowest BCUT2D eigenvalue weighted by Gasteiger charge is -2.46. The van der Waals surface area contributed by atoms with Crippen LogP contribution in [-0.2, 0) is 9.53 Å². The van der Waals surface area contributed by atoms with Gasteiger partial charge in [0, 0.05) is 6.54 Å². The first-order valence-electron chi connectivity index (χ1n) is 10.3. The summed E-state index contributed by atoms with van der Waals surface area (Å²) in [5.74, 6) is 2.06. The minimum absolute atomic E-state index is 0.0754. The molecule has 5 heteroatoms. The third kappa shape index (κ3) is 3.66. The molecule has 1 aromatic carbocycles. The monoisotopic (exact) mass is 373 g/mol. The van der Waals surface area contributed by atoms with Gasteiger partial charge < -0.3 is 19.1 Å². The topological polar surface area (TPSA) is 48.0 Å². The number of nitrogens with zero attached hydrogens (tertiary/aromatic N) is 1. The van der Waals surface area contributed by atoms with E-state index in [4.69, 9.17) is 14.2 Å². The second kappa shape index (κ2) is 7.34. The zero-order valence-corrected chi connectivity index (χ0v) is 16.7. The summed E-state index contributed by atoms with van der Waals surface area (Å²) in [6.07, 6.45) is 4.73. The molecule has 0 spiro atoms. The predicted octanol–water partition coefficient (Wildman–Crippen LogP) is 3.76. The fourth-order valence-electron chi connectivity index (χ4n) is 4.70. The maximum absolute atomic E-state index is 13.8. The van der Waals surface area contributed by atoms with E-state index in [9.17, 15) is 4.79 Å². The highest BCUT2D eigenvalue weighted by Crippen LogP contribution is 2.42. The minimum atomic E-state index is -0.283. The second-order valence-corrected chi connectivity index (χ2v) is 8.81. The van der Waals surface area contributed by atoms with Crippen molar-refractivity contribution in [3.8, 4) is 11.5 Å². The zero-order valence-electron chi connectivity index (χ0n) is 16.7. The Kier molecular flexibility index (Phi) is 5.06. The molecule has 1 amide bonds. The molecule has 1 saturated carbocycles. The number of carbonyl (C=O) groups is 1. The largest absolute Gasteiger partial charge is 0.486 e. The molecule has 0 aromatic heterocycles. The number of amides is 1. The number of rotatable bonds is 3. The molecule has 1 aliphatic carbocycles. The van der Waals surface area contributed by atoms with E-state index in [0.717, 1.165) is 29.9 Å². The van der Waals surface area contributed by atoms with Crippen molar-refractivity contribution in [2.45, 2.75) is 64.0 Å². The summed E-state index contributed by atoms with van der Waals surface area (Å²) in [7, 11) is 0. The van der Waals surface area contributed by atoms with Gasteiger partial charge in [0.25, 0.3) is 0 Å². The van der Waals surface area contributed by atoms with E-state index < -0.39 is 0 Å². The van der Waals surface area contributed by atoms with Gasteiger partial charge in [-0.25, -0.2) is 0 Å². The van der Waals surface area contributed by atoms with Crippen molar-refractivity contribution in [3.63, 3.8) is 0 Å². The number of benzene rings is 1. The summed E-state index contributed by atoms with van der Waals surface area (Å²) in [5.41, 5.74) is 0.778. The average molecular weight is 373 g/mol. The number of ether oxygens (including phenoxy) is 3. The van der Waals surface area contributed by atoms with E-state index in [2.05, 4.69) is 24.8 Å². The molecule has 0 radical (unpaired) electrons. The predicted molar refractivity (Wildman–Crippen MR) is 103 cm³/mol. The van der Waals surface area contributed by atoms with Crippen molar-refractivity contribution < 1.29 is 19.0 Å². The third-order valence-electron chi connectivity index (χ3n) is 6.22. The van der Waals surface area contributed by atoms with E-state index in [0.29, 0.717) is 32.3 Å². The lowest BCUT2D eigenvalue weighted by molar-refractivity contribution is -0.155. The van der Waals surface area contributed by atoms with Gasteiger partial charge in [-0.05, 0) is 57.2 Å². The van der Waals surface area contributed by atoms with Crippen LogP contribution in [0.4, 0.5) is 0 Å². The fraction of sp³-hybridized carbons (Fsp3) is 0.682. The molecule has 4 rings (SSSR count). The van der Waals surface area contributed by atoms with Crippen molar-refractivity contribution in [1.82, 2.24) is 4.90 Å². The first-order valence-corrected chi connectivity index (χ1v) is 10.3. The number of hydrogen-bond acceptors (Lipinski definition) is 4. The summed E-state index contributed by atoms with van der Waals surface area (Å²) < 4.78 is 17.3. The van der Waals surface area contributed by atoms with Gasteiger partial charge in [0.15, 0.2) is 11.5 Å². The highest BCUT2D eigenvalue weighted by Gasteiger charge is 2.42. The van der Waals surface area contributed by atoms with Crippen molar-refractivity contribution in [2.75, 3.05) is 26.4 Å². The number of carbonyl (C=O) groups excluding carboxylic acids is 1. The molecule has 2 fully saturated rings. The fourth-order valence-corrected chi connectivity index (χ4v) is 4.70. The van der Waals surface area contributed by atoms with Crippen LogP contribution < -0.4 is 9.47 Å². The first kappa shape index (κ1) is 18.6. The summed E-state index contributed by atoms with van der Waals surface area (Å²) in [6.45, 7) is 8.63. The highest BCUT2D eigenvalue weighted by atomic mass is 16.6. The number of morpholine rings is 1. The molecule has 0 bridgehead atoms. The molecule has 3 aliphatic rings. The average Bonchev–Trinajstić information content (AvgIpc) is 3.18. The van der Waals surface area contributed by atoms with Gasteiger partial charge in [-0.3, -0.25) is 4.79 Å². The van der Waals surface area contributed by atoms with Crippen molar-refractivity contribution >= 4 is 5.91 Å². The lowest BCUT2D eigenvalue weighted by atomic mass is 9.82. The van der Waals surface area contributed by atoms with Crippen LogP contribution in [0.5, 0.6) is 11.5 Å². The van der Waals surface area contributed by atoms with Crippen molar-refractivity contribution in [3.05, 3.63) is 23.8 Å². The Morgan fingerprint density at radius 1 is 1.15 bits per heavy atom. The Labute approximate surface area is 162 Å². The van der Waals surface area contributed by atoms with Crippen LogP contribution in [0, 0.1) is 5.92 Å². The SMILES string of the molecule is CC1CN(C(=O)C(c2ccc3c(c2)OCCO3)C2CCCC2)C(C)(C)CO1. The van der Waals surface area contributed by atoms with E-state index in [-0.39, 0.29) is 23.5 Å². The number of fused-ring (bicyclic) bond motifs is 1. The molecule has 148 valence electrons. The molecule has 2 unspecified atom stereocenters. The standard InChI is InChI=1S/C22H31NO4/c1-15-13-23(22(2,3)14-27-15)21(24)20(16-6-4-5-7-16)17-8-9-18-19(12-17)26-11-10-25-18/h8-9,12,15-16,20H,4-7,10-11,13-14H2,1-3H3. The molecular formula is C22H31NO4. The molecule has 5 nitrogen and oxygen atoms in total. The van der Waals surface area contributed by atoms with E-state index in [1.165, 1.54) is 12.8 Å². The van der Waals surface area contributed by atoms with Gasteiger partial charge in [-0.1, -0.05) is 18.9 Å². The van der Waals surface area contributed by atoms with Gasteiger partial charge in [0.05, 0.1) is 24.2 Å². The highest BCUT2D eigenvalue weighted by molar-refractivity contribution is 5.85. The van der Waals surface area contributed by atoms with Gasteiger partial charge in [0.1, 0.15) is 13.2 Å². The first-order chi connectivity index (χ1) is 13.0. The second-order valence-electron chi connectivity index (χ2n) is 8.81. The van der Waals surface area contributed by atoms with Gasteiger partial charge in [-0.15, -0.1) is 0 Å². The van der Waals surface area contributed by atoms with Crippen LogP contribution in [0.15, 0.2) is 18.2 Å². The van der Waals surface area contributed by atoms with Crippen molar-refractivity contribution in [2.24, 2.45) is 5.92 Å². The summed E-state index contributed by atoms with van der Waals surface area (Å²) in [4.78, 5) is 15.9. The number of hydrogen-bond donors (Lipinski definition) is 0. The Morgan fingerprint density at radius 2 is 1.85 bits per heavy atom. The Balaban J connectivity index is 1.68. The Hall–Kier alpha value is -1.75. The maximum atomic E-state index is 13.8. The summed E-state index contributed by atoms with van der Waals surface area (Å²) in [6, 6.07) is 6.06. The van der Waals surface area contributed by atoms with Crippen LogP contribution in [0.2, 0.25) is 0 Å². The van der Waals surface area contributed by atoms with Crippen LogP contribution >= 0.6 is 0 Å². The summed E-state index contributed by atoms with van der Waals surface area (Å²) in [5, 5.41) is 0. The van der Waals surface area contributed by atoms with E-state index in [1.807, 2.05) is 19.1 Å². The Morgan fingerprint density at radius 3 is 2.59 bits per heavy atom. The normalized spacial score (nSPS) is 26.0. The van der Waals surface area contributed by atoms with E-state index >= 15 is 0 Å². The molecule has 1 aromatic rings. The van der Waals surface area contributed by atoms with Gasteiger partial charge >= 0.3 is 0 Å². The molecule has 1 saturated heterocycles. The van der Waals surface area contributed by atoms with Crippen LogP contribution in [-0.4, -0.2) is 48.8 Å². The van der Waals surface area contributed by atoms with Gasteiger partial charge in [0.2, 0.25) is 5.91 Å². The van der Waals surface area contributed by atoms with Crippen LogP contribution in [0.3, 0.4) is 0 Å². The lowest BCUT2D eigenvalue weighted by Crippen LogP contribution is -2.59. The smallest absolute Gasteiger partial charge is 0.231 e. The molecule has 2 atom stereocenters. The van der Waals surface area contributed by atoms with Crippen LogP contribution in [0.25, 0.3) is 0 Å². The van der Waals surface area contributed by atoms with Crippen molar-refractivity contribution in [1.29, 1.82) is 0 Å². The molecule has 27 heavy (non-hydrogen) atoms.